The molecule has 1 rings (SSSR count). The third-order valence-electron chi connectivity index (χ3n) is 0.792. The van der Waals surface area contributed by atoms with E-state index in [2.05, 4.69) is 25.9 Å². The monoisotopic (exact) mass is 244 g/mol. The van der Waals surface area contributed by atoms with E-state index in [0.29, 0.717) is 0 Å². The number of hydrogen-bond donors (Lipinski definition) is 1. The largest absolute Gasteiger partial charge is 0.338 e. The molecule has 0 aliphatic rings. The molecule has 0 saturated heterocycles. The fourth-order valence-electron chi connectivity index (χ4n) is 0.436. The number of halogens is 2. The average Bonchev–Trinajstić information content (AvgIpc) is 2.11. The number of nitrogens with zero attached hydrogens (tertiary/aromatic N) is 1. The quantitative estimate of drug-likeness (QED) is 0.754. The van der Waals surface area contributed by atoms with E-state index >= 15 is 0 Å². The minimum Gasteiger partial charge on any atom is -0.338 e. The lowest BCUT2D eigenvalue weighted by Crippen LogP contribution is -1.90. The summed E-state index contributed by atoms with van der Waals surface area (Å²) in [5.74, 6) is 0. The zero-order valence-corrected chi connectivity index (χ0v) is 7.66. The molecule has 0 bridgehead atoms. The summed E-state index contributed by atoms with van der Waals surface area (Å²) in [5.41, 5.74) is 0. The van der Waals surface area contributed by atoms with Gasteiger partial charge in [-0.15, -0.1) is 0 Å². The van der Waals surface area contributed by atoms with Crippen molar-refractivity contribution < 1.29 is 8.42 Å². The second-order valence-electron chi connectivity index (χ2n) is 1.46. The number of aromatic amines is 1. The summed E-state index contributed by atoms with van der Waals surface area (Å²) in [4.78, 5) is 5.98. The highest BCUT2D eigenvalue weighted by molar-refractivity contribution is 9.10. The lowest BCUT2D eigenvalue weighted by atomic mass is 10.9. The lowest BCUT2D eigenvalue weighted by Gasteiger charge is -1.86. The molecule has 1 N–H and O–H groups in total. The summed E-state index contributed by atoms with van der Waals surface area (Å²) in [6.45, 7) is 0. The van der Waals surface area contributed by atoms with E-state index < -0.39 is 9.05 Å². The zero-order chi connectivity index (χ0) is 7.78. The van der Waals surface area contributed by atoms with E-state index in [0.717, 1.165) is 0 Å². The van der Waals surface area contributed by atoms with Gasteiger partial charge in [-0.3, -0.25) is 0 Å². The Balaban J connectivity index is 3.32. The summed E-state index contributed by atoms with van der Waals surface area (Å²) in [7, 11) is 1.26. The Kier molecular flexibility index (Phi) is 2.02. The third kappa shape index (κ3) is 1.50. The number of nitrogens with one attached hydrogen (secondary N) is 1. The molecule has 0 fully saturated rings. The molecule has 0 atom stereocenters. The van der Waals surface area contributed by atoms with Crippen LogP contribution >= 0.6 is 26.6 Å². The molecule has 0 spiro atoms. The highest BCUT2D eigenvalue weighted by Crippen LogP contribution is 2.19. The van der Waals surface area contributed by atoms with Gasteiger partial charge in [0.15, 0.2) is 0 Å². The first-order valence-electron chi connectivity index (χ1n) is 2.15. The molecule has 0 saturated carbocycles. The molecule has 0 amide bonds. The Morgan fingerprint density at radius 3 is 2.50 bits per heavy atom. The van der Waals surface area contributed by atoms with Gasteiger partial charge in [-0.25, -0.2) is 13.4 Å². The first-order valence-corrected chi connectivity index (χ1v) is 5.25. The second-order valence-corrected chi connectivity index (χ2v) is 4.73. The summed E-state index contributed by atoms with van der Waals surface area (Å²) in [6.07, 6.45) is 1.24. The standard InChI is InChI=1S/C3H2BrClN2O2S/c4-2-3(7-1-6-2)10(5,8)9/h1H,(H,6,7). The predicted octanol–water partition coefficient (Wildman–Crippen LogP) is 1.10. The molecule has 4 nitrogen and oxygen atoms in total. The molecule has 56 valence electrons. The van der Waals surface area contributed by atoms with Crippen LogP contribution in [-0.4, -0.2) is 18.4 Å². The average molecular weight is 245 g/mol. The fourth-order valence-corrected chi connectivity index (χ4v) is 2.36. The van der Waals surface area contributed by atoms with Gasteiger partial charge in [0.1, 0.15) is 4.60 Å². The highest BCUT2D eigenvalue weighted by Gasteiger charge is 2.16. The topological polar surface area (TPSA) is 62.8 Å². The molecule has 10 heavy (non-hydrogen) atoms. The van der Waals surface area contributed by atoms with E-state index in [-0.39, 0.29) is 9.63 Å². The minimum absolute atomic E-state index is 0.186. The van der Waals surface area contributed by atoms with Crippen molar-refractivity contribution in [3.8, 4) is 0 Å². The van der Waals surface area contributed by atoms with Crippen LogP contribution in [-0.2, 0) is 9.05 Å². The second kappa shape index (κ2) is 2.52. The summed E-state index contributed by atoms with van der Waals surface area (Å²) in [5, 5.41) is -0.186. The normalized spacial score (nSPS) is 11.8. The number of H-pyrrole nitrogens is 1. The Morgan fingerprint density at radius 1 is 1.70 bits per heavy atom. The fraction of sp³-hybridized carbons (Fsp3) is 0. The number of imidazole rings is 1. The van der Waals surface area contributed by atoms with Crippen LogP contribution < -0.4 is 0 Å². The molecular formula is C3H2BrClN2O2S. The molecular weight excluding hydrogens is 243 g/mol. The van der Waals surface area contributed by atoms with Crippen LogP contribution in [0.4, 0.5) is 0 Å². The Labute approximate surface area is 70.2 Å². The van der Waals surface area contributed by atoms with E-state index in [1.54, 1.807) is 0 Å². The first kappa shape index (κ1) is 8.03. The molecule has 1 heterocycles. The SMILES string of the molecule is O=S(=O)(Cl)c1nc[nH]c1Br. The maximum atomic E-state index is 10.6. The number of aromatic nitrogens is 2. The number of rotatable bonds is 1. The van der Waals surface area contributed by atoms with Crippen LogP contribution in [0.3, 0.4) is 0 Å². The van der Waals surface area contributed by atoms with Gasteiger partial charge in [-0.1, -0.05) is 0 Å². The van der Waals surface area contributed by atoms with Crippen LogP contribution in [0.2, 0.25) is 0 Å². The maximum absolute atomic E-state index is 10.6. The molecule has 0 unspecified atom stereocenters. The van der Waals surface area contributed by atoms with E-state index in [9.17, 15) is 8.42 Å². The minimum atomic E-state index is -3.71. The molecule has 0 aliphatic carbocycles. The Bertz CT molecular complexity index is 332. The molecule has 0 aromatic carbocycles. The molecule has 1 aromatic rings. The van der Waals surface area contributed by atoms with Crippen LogP contribution in [0, 0.1) is 0 Å². The predicted molar refractivity (Wildman–Crippen MR) is 39.3 cm³/mol. The Morgan fingerprint density at radius 2 is 2.30 bits per heavy atom. The molecule has 7 heteroatoms. The smallest absolute Gasteiger partial charge is 0.281 e. The van der Waals surface area contributed by atoms with Crippen LogP contribution in [0.5, 0.6) is 0 Å². The van der Waals surface area contributed by atoms with E-state index in [4.69, 9.17) is 10.7 Å². The summed E-state index contributed by atoms with van der Waals surface area (Å²) < 4.78 is 21.4. The molecule has 0 radical (unpaired) electrons. The van der Waals surface area contributed by atoms with Crippen molar-refractivity contribution in [3.63, 3.8) is 0 Å². The van der Waals surface area contributed by atoms with Crippen LogP contribution in [0.15, 0.2) is 16.0 Å². The van der Waals surface area contributed by atoms with Crippen molar-refractivity contribution in [2.75, 3.05) is 0 Å². The van der Waals surface area contributed by atoms with Gasteiger partial charge in [0, 0.05) is 10.7 Å². The Hall–Kier alpha value is -0.0700. The third-order valence-corrected chi connectivity index (χ3v) is 2.87. The maximum Gasteiger partial charge on any atom is 0.281 e. The van der Waals surface area contributed by atoms with E-state index in [1.165, 1.54) is 6.33 Å². The van der Waals surface area contributed by atoms with Gasteiger partial charge in [0.2, 0.25) is 5.03 Å². The van der Waals surface area contributed by atoms with E-state index in [1.807, 2.05) is 0 Å². The van der Waals surface area contributed by atoms with Gasteiger partial charge in [0.25, 0.3) is 9.05 Å². The van der Waals surface area contributed by atoms with Crippen LogP contribution in [0.25, 0.3) is 0 Å². The molecule has 0 aliphatic heterocycles. The van der Waals surface area contributed by atoms with Gasteiger partial charge in [0.05, 0.1) is 6.33 Å². The summed E-state index contributed by atoms with van der Waals surface area (Å²) >= 11 is 2.92. The van der Waals surface area contributed by atoms with Crippen molar-refractivity contribution in [2.24, 2.45) is 0 Å². The lowest BCUT2D eigenvalue weighted by molar-refractivity contribution is 0.606. The number of hydrogen-bond acceptors (Lipinski definition) is 3. The van der Waals surface area contributed by atoms with Crippen molar-refractivity contribution >= 4 is 35.7 Å². The van der Waals surface area contributed by atoms with Crippen molar-refractivity contribution in [1.29, 1.82) is 0 Å². The van der Waals surface area contributed by atoms with Gasteiger partial charge < -0.3 is 4.98 Å². The molecule has 1 aromatic heterocycles. The summed E-state index contributed by atoms with van der Waals surface area (Å²) in [6, 6.07) is 0. The first-order chi connectivity index (χ1) is 4.52. The van der Waals surface area contributed by atoms with Crippen molar-refractivity contribution in [3.05, 3.63) is 10.9 Å². The van der Waals surface area contributed by atoms with Crippen LogP contribution in [0.1, 0.15) is 0 Å². The van der Waals surface area contributed by atoms with Gasteiger partial charge in [-0.05, 0) is 15.9 Å². The van der Waals surface area contributed by atoms with Gasteiger partial charge in [-0.2, -0.15) is 0 Å². The van der Waals surface area contributed by atoms with Crippen molar-refractivity contribution in [2.45, 2.75) is 5.03 Å². The zero-order valence-electron chi connectivity index (χ0n) is 4.51. The van der Waals surface area contributed by atoms with Gasteiger partial charge >= 0.3 is 0 Å². The van der Waals surface area contributed by atoms with Crippen molar-refractivity contribution in [1.82, 2.24) is 9.97 Å². The highest BCUT2D eigenvalue weighted by atomic mass is 79.9.